The van der Waals surface area contributed by atoms with Crippen molar-refractivity contribution in [3.8, 4) is 5.75 Å². The molecule has 1 aromatic carbocycles. The van der Waals surface area contributed by atoms with Gasteiger partial charge < -0.3 is 10.1 Å². The van der Waals surface area contributed by atoms with Crippen LogP contribution in [0.3, 0.4) is 0 Å². The maximum Gasteiger partial charge on any atom is 0.137 e. The third kappa shape index (κ3) is 2.43. The van der Waals surface area contributed by atoms with E-state index in [2.05, 4.69) is 15.3 Å². The number of benzene rings is 1. The first kappa shape index (κ1) is 13.2. The van der Waals surface area contributed by atoms with Gasteiger partial charge in [-0.25, -0.2) is 9.97 Å². The molecule has 0 aliphatic heterocycles. The van der Waals surface area contributed by atoms with Crippen molar-refractivity contribution < 1.29 is 4.74 Å². The number of ether oxygens (including phenoxy) is 1. The highest BCUT2D eigenvalue weighted by atomic mass is 35.5. The normalized spacial score (nSPS) is 13.2. The van der Waals surface area contributed by atoms with Gasteiger partial charge in [-0.3, -0.25) is 0 Å². The zero-order valence-corrected chi connectivity index (χ0v) is 12.3. The molecule has 2 aromatic rings. The Balaban J connectivity index is 1.94. The summed E-state index contributed by atoms with van der Waals surface area (Å²) >= 11 is 6.15. The fourth-order valence-corrected chi connectivity index (χ4v) is 2.80. The molecule has 0 saturated heterocycles. The smallest absolute Gasteiger partial charge is 0.137 e. The monoisotopic (exact) mass is 289 g/mol. The number of aromatic nitrogens is 2. The zero-order valence-electron chi connectivity index (χ0n) is 11.5. The Morgan fingerprint density at radius 3 is 2.85 bits per heavy atom. The molecule has 1 aliphatic carbocycles. The number of anilines is 2. The van der Waals surface area contributed by atoms with Crippen molar-refractivity contribution in [2.24, 2.45) is 0 Å². The summed E-state index contributed by atoms with van der Waals surface area (Å²) in [6.07, 6.45) is 3.21. The number of nitrogens with zero attached hydrogens (tertiary/aromatic N) is 2. The van der Waals surface area contributed by atoms with Crippen LogP contribution in [0.5, 0.6) is 5.75 Å². The molecular formula is C15H16ClN3O. The lowest BCUT2D eigenvalue weighted by atomic mass is 10.2. The molecular weight excluding hydrogens is 274 g/mol. The number of methoxy groups -OCH3 is 1. The summed E-state index contributed by atoms with van der Waals surface area (Å²) in [5.41, 5.74) is 3.30. The summed E-state index contributed by atoms with van der Waals surface area (Å²) in [6, 6.07) is 5.63. The Labute approximate surface area is 123 Å². The molecule has 1 N–H and O–H groups in total. The molecule has 0 bridgehead atoms. The molecule has 1 heterocycles. The van der Waals surface area contributed by atoms with Crippen LogP contribution in [-0.2, 0) is 12.8 Å². The van der Waals surface area contributed by atoms with E-state index in [1.165, 1.54) is 11.3 Å². The van der Waals surface area contributed by atoms with Gasteiger partial charge in [0.15, 0.2) is 0 Å². The summed E-state index contributed by atoms with van der Waals surface area (Å²) in [4.78, 5) is 9.02. The van der Waals surface area contributed by atoms with Gasteiger partial charge in [-0.05, 0) is 44.4 Å². The summed E-state index contributed by atoms with van der Waals surface area (Å²) < 4.78 is 5.16. The molecule has 0 atom stereocenters. The molecule has 0 spiro atoms. The second-order valence-electron chi connectivity index (χ2n) is 4.87. The van der Waals surface area contributed by atoms with Gasteiger partial charge in [0.25, 0.3) is 0 Å². The fraction of sp³-hybridized carbons (Fsp3) is 0.333. The maximum atomic E-state index is 6.15. The van der Waals surface area contributed by atoms with Crippen LogP contribution < -0.4 is 10.1 Å². The van der Waals surface area contributed by atoms with Gasteiger partial charge in [-0.15, -0.1) is 0 Å². The van der Waals surface area contributed by atoms with Crippen LogP contribution in [0.25, 0.3) is 0 Å². The summed E-state index contributed by atoms with van der Waals surface area (Å²) in [7, 11) is 1.61. The number of halogens is 1. The predicted molar refractivity (Wildman–Crippen MR) is 80.1 cm³/mol. The highest BCUT2D eigenvalue weighted by Crippen LogP contribution is 2.31. The Hall–Kier alpha value is -1.81. The maximum absolute atomic E-state index is 6.15. The molecule has 4 nitrogen and oxygen atoms in total. The second-order valence-corrected chi connectivity index (χ2v) is 5.28. The summed E-state index contributed by atoms with van der Waals surface area (Å²) in [6.45, 7) is 1.92. The van der Waals surface area contributed by atoms with Gasteiger partial charge in [0.05, 0.1) is 12.1 Å². The van der Waals surface area contributed by atoms with Gasteiger partial charge in [-0.2, -0.15) is 0 Å². The van der Waals surface area contributed by atoms with Gasteiger partial charge in [-0.1, -0.05) is 11.6 Å². The first-order valence-corrected chi connectivity index (χ1v) is 7.02. The van der Waals surface area contributed by atoms with Crippen molar-refractivity contribution in [1.82, 2.24) is 9.97 Å². The number of fused-ring (bicyclic) bond motifs is 1. The van der Waals surface area contributed by atoms with Crippen molar-refractivity contribution in [3.63, 3.8) is 0 Å². The fourth-order valence-electron chi connectivity index (χ4n) is 2.54. The Kier molecular flexibility index (Phi) is 3.49. The molecule has 0 fully saturated rings. The van der Waals surface area contributed by atoms with Gasteiger partial charge in [0.1, 0.15) is 17.4 Å². The topological polar surface area (TPSA) is 47.0 Å². The number of hydrogen-bond donors (Lipinski definition) is 1. The second kappa shape index (κ2) is 5.29. The van der Waals surface area contributed by atoms with Crippen LogP contribution in [0, 0.1) is 6.92 Å². The molecule has 0 saturated carbocycles. The quantitative estimate of drug-likeness (QED) is 0.936. The SMILES string of the molecule is COc1ccc(Nc2nc(C)nc3c2CCC3)cc1Cl. The minimum Gasteiger partial charge on any atom is -0.495 e. The van der Waals surface area contributed by atoms with Gasteiger partial charge in [0, 0.05) is 16.9 Å². The Morgan fingerprint density at radius 2 is 2.10 bits per heavy atom. The van der Waals surface area contributed by atoms with E-state index in [9.17, 15) is 0 Å². The largest absolute Gasteiger partial charge is 0.495 e. The standard InChI is InChI=1S/C15H16ClN3O/c1-9-17-13-5-3-4-11(13)15(18-9)19-10-6-7-14(20-2)12(16)8-10/h6-8H,3-5H2,1-2H3,(H,17,18,19). The van der Waals surface area contributed by atoms with E-state index in [1.54, 1.807) is 7.11 Å². The van der Waals surface area contributed by atoms with Gasteiger partial charge in [0.2, 0.25) is 0 Å². The van der Waals surface area contributed by atoms with E-state index >= 15 is 0 Å². The minimum atomic E-state index is 0.583. The number of rotatable bonds is 3. The number of hydrogen-bond acceptors (Lipinski definition) is 4. The third-order valence-electron chi connectivity index (χ3n) is 3.46. The van der Waals surface area contributed by atoms with Crippen molar-refractivity contribution in [1.29, 1.82) is 0 Å². The zero-order chi connectivity index (χ0) is 14.1. The van der Waals surface area contributed by atoms with Crippen molar-refractivity contribution in [2.75, 3.05) is 12.4 Å². The molecule has 20 heavy (non-hydrogen) atoms. The van der Waals surface area contributed by atoms with Crippen LogP contribution in [0.4, 0.5) is 11.5 Å². The highest BCUT2D eigenvalue weighted by molar-refractivity contribution is 6.32. The molecule has 3 rings (SSSR count). The van der Waals surface area contributed by atoms with E-state index in [4.69, 9.17) is 16.3 Å². The van der Waals surface area contributed by atoms with Crippen LogP contribution in [0.1, 0.15) is 23.5 Å². The van der Waals surface area contributed by atoms with E-state index in [1.807, 2.05) is 25.1 Å². The highest BCUT2D eigenvalue weighted by Gasteiger charge is 2.18. The minimum absolute atomic E-state index is 0.583. The van der Waals surface area contributed by atoms with E-state index in [0.717, 1.165) is 36.6 Å². The average molecular weight is 290 g/mol. The average Bonchev–Trinajstić information content (AvgIpc) is 2.87. The molecule has 1 aromatic heterocycles. The molecule has 0 amide bonds. The van der Waals surface area contributed by atoms with Crippen molar-refractivity contribution >= 4 is 23.1 Å². The van der Waals surface area contributed by atoms with Crippen molar-refractivity contribution in [3.05, 3.63) is 40.3 Å². The van der Waals surface area contributed by atoms with Crippen LogP contribution in [-0.4, -0.2) is 17.1 Å². The molecule has 0 radical (unpaired) electrons. The van der Waals surface area contributed by atoms with E-state index in [0.29, 0.717) is 10.8 Å². The molecule has 104 valence electrons. The Bertz CT molecular complexity index is 658. The third-order valence-corrected chi connectivity index (χ3v) is 3.75. The summed E-state index contributed by atoms with van der Waals surface area (Å²) in [5.74, 6) is 2.36. The van der Waals surface area contributed by atoms with Crippen LogP contribution in [0.15, 0.2) is 18.2 Å². The first-order chi connectivity index (χ1) is 9.67. The Morgan fingerprint density at radius 1 is 1.25 bits per heavy atom. The molecule has 0 unspecified atom stereocenters. The number of aryl methyl sites for hydroxylation is 2. The molecule has 5 heteroatoms. The lowest BCUT2D eigenvalue weighted by Crippen LogP contribution is -2.03. The predicted octanol–water partition coefficient (Wildman–Crippen LogP) is 3.68. The lowest BCUT2D eigenvalue weighted by molar-refractivity contribution is 0.415. The van der Waals surface area contributed by atoms with Crippen LogP contribution >= 0.6 is 11.6 Å². The van der Waals surface area contributed by atoms with Crippen molar-refractivity contribution in [2.45, 2.75) is 26.2 Å². The molecule has 1 aliphatic rings. The van der Waals surface area contributed by atoms with Gasteiger partial charge >= 0.3 is 0 Å². The number of nitrogens with one attached hydrogen (secondary N) is 1. The lowest BCUT2D eigenvalue weighted by Gasteiger charge is -2.12. The summed E-state index contributed by atoms with van der Waals surface area (Å²) in [5, 5.41) is 3.93. The van der Waals surface area contributed by atoms with E-state index in [-0.39, 0.29) is 0 Å². The first-order valence-electron chi connectivity index (χ1n) is 6.64. The van der Waals surface area contributed by atoms with E-state index < -0.39 is 0 Å². The van der Waals surface area contributed by atoms with Crippen LogP contribution in [0.2, 0.25) is 5.02 Å².